The van der Waals surface area contributed by atoms with Crippen LogP contribution in [0.2, 0.25) is 0 Å². The number of rotatable bonds is 3. The molecule has 0 aliphatic heterocycles. The molecule has 2 aliphatic rings. The van der Waals surface area contributed by atoms with Crippen LogP contribution in [0.5, 0.6) is 0 Å². The summed E-state index contributed by atoms with van der Waals surface area (Å²) in [6.07, 6.45) is 11.8. The van der Waals surface area contributed by atoms with Crippen molar-refractivity contribution in [2.24, 2.45) is 10.9 Å². The van der Waals surface area contributed by atoms with Crippen LogP contribution in [0.4, 0.5) is 5.69 Å². The monoisotopic (exact) mass is 369 g/mol. The van der Waals surface area contributed by atoms with Crippen molar-refractivity contribution >= 4 is 29.1 Å². The van der Waals surface area contributed by atoms with Crippen LogP contribution in [0.1, 0.15) is 60.8 Å². The minimum atomic E-state index is 0.810. The zero-order valence-electron chi connectivity index (χ0n) is 15.5. The fourth-order valence-corrected chi connectivity index (χ4v) is 4.30. The van der Waals surface area contributed by atoms with Gasteiger partial charge in [0.1, 0.15) is 0 Å². The first kappa shape index (κ1) is 17.9. The summed E-state index contributed by atoms with van der Waals surface area (Å²) >= 11 is 4.62. The van der Waals surface area contributed by atoms with Gasteiger partial charge in [-0.05, 0) is 84.9 Å². The Kier molecular flexibility index (Phi) is 5.64. The van der Waals surface area contributed by atoms with Crippen LogP contribution >= 0.6 is 12.2 Å². The largest absolute Gasteiger partial charge is 0.195 e. The van der Waals surface area contributed by atoms with E-state index in [0.29, 0.717) is 0 Å². The molecule has 0 saturated heterocycles. The molecule has 0 unspecified atom stereocenters. The zero-order valence-corrected chi connectivity index (χ0v) is 16.3. The maximum Gasteiger partial charge on any atom is 0.0740 e. The smallest absolute Gasteiger partial charge is 0.0740 e. The lowest BCUT2D eigenvalue weighted by Crippen LogP contribution is -2.03. The van der Waals surface area contributed by atoms with Gasteiger partial charge in [0.25, 0.3) is 0 Å². The SMILES string of the molecule is S=C=Nc1ccc(C#Cc2ccc3c(c2)CCC(CC2CCCC2)=C3)cc1. The van der Waals surface area contributed by atoms with Gasteiger partial charge < -0.3 is 0 Å². The van der Waals surface area contributed by atoms with Crippen LogP contribution in [-0.2, 0) is 6.42 Å². The molecule has 0 aromatic heterocycles. The number of nitrogens with zero attached hydrogens (tertiary/aromatic N) is 1. The van der Waals surface area contributed by atoms with Crippen LogP contribution in [0, 0.1) is 17.8 Å². The fraction of sp³-hybridized carbons (Fsp3) is 0.320. The average molecular weight is 370 g/mol. The molecular formula is C25H23NS. The number of hydrogen-bond acceptors (Lipinski definition) is 2. The number of isothiocyanates is 1. The van der Waals surface area contributed by atoms with E-state index in [4.69, 9.17) is 0 Å². The van der Waals surface area contributed by atoms with E-state index in [1.807, 2.05) is 24.3 Å². The maximum absolute atomic E-state index is 4.62. The van der Waals surface area contributed by atoms with Crippen molar-refractivity contribution in [2.75, 3.05) is 0 Å². The first-order chi connectivity index (χ1) is 13.3. The molecule has 1 fully saturated rings. The number of aliphatic imine (C=N–C) groups is 1. The third-order valence-corrected chi connectivity index (χ3v) is 5.73. The highest BCUT2D eigenvalue weighted by atomic mass is 32.1. The molecule has 0 bridgehead atoms. The third-order valence-electron chi connectivity index (χ3n) is 5.64. The maximum atomic E-state index is 4.62. The molecule has 2 aromatic rings. The molecule has 2 heteroatoms. The molecule has 2 aromatic carbocycles. The second-order valence-electron chi connectivity index (χ2n) is 7.57. The van der Waals surface area contributed by atoms with Crippen LogP contribution in [-0.4, -0.2) is 5.16 Å². The zero-order chi connectivity index (χ0) is 18.5. The van der Waals surface area contributed by atoms with Gasteiger partial charge in [0.05, 0.1) is 10.8 Å². The Bertz CT molecular complexity index is 960. The molecule has 0 heterocycles. The number of benzene rings is 2. The average Bonchev–Trinajstić information content (AvgIpc) is 3.21. The molecule has 4 rings (SSSR count). The van der Waals surface area contributed by atoms with E-state index < -0.39 is 0 Å². The second-order valence-corrected chi connectivity index (χ2v) is 7.75. The van der Waals surface area contributed by atoms with Crippen LogP contribution in [0.25, 0.3) is 6.08 Å². The predicted octanol–water partition coefficient (Wildman–Crippen LogP) is 6.73. The van der Waals surface area contributed by atoms with E-state index in [9.17, 15) is 0 Å². The summed E-state index contributed by atoms with van der Waals surface area (Å²) in [4.78, 5) is 3.96. The second kappa shape index (κ2) is 8.49. The van der Waals surface area contributed by atoms with E-state index in [0.717, 1.165) is 29.2 Å². The lowest BCUT2D eigenvalue weighted by atomic mass is 9.86. The van der Waals surface area contributed by atoms with Crippen molar-refractivity contribution in [3.8, 4) is 11.8 Å². The summed E-state index contributed by atoms with van der Waals surface area (Å²) in [6, 6.07) is 14.4. The molecule has 0 radical (unpaired) electrons. The summed E-state index contributed by atoms with van der Waals surface area (Å²) in [6.45, 7) is 0. The van der Waals surface area contributed by atoms with E-state index >= 15 is 0 Å². The van der Waals surface area contributed by atoms with Gasteiger partial charge in [0.15, 0.2) is 0 Å². The van der Waals surface area contributed by atoms with Crippen molar-refractivity contribution < 1.29 is 0 Å². The number of aryl methyl sites for hydroxylation is 1. The Morgan fingerprint density at radius 2 is 1.67 bits per heavy atom. The molecule has 134 valence electrons. The number of thiocarbonyl (C=S) groups is 1. The molecular weight excluding hydrogens is 346 g/mol. The molecule has 1 saturated carbocycles. The van der Waals surface area contributed by atoms with Crippen molar-refractivity contribution in [3.63, 3.8) is 0 Å². The first-order valence-electron chi connectivity index (χ1n) is 9.82. The minimum Gasteiger partial charge on any atom is -0.195 e. The van der Waals surface area contributed by atoms with Gasteiger partial charge in [-0.3, -0.25) is 0 Å². The van der Waals surface area contributed by atoms with E-state index in [2.05, 4.69) is 58.5 Å². The van der Waals surface area contributed by atoms with Crippen LogP contribution in [0.15, 0.2) is 53.0 Å². The highest BCUT2D eigenvalue weighted by molar-refractivity contribution is 7.78. The standard InChI is InChI=1S/C25H23NS/c27-18-26-25-13-9-19(10-14-25)5-6-21-7-11-24-17-22(8-12-23(24)16-21)15-20-3-1-2-4-20/h7,9-11,13-14,16-17,20H,1-4,8,12,15H2. The Morgan fingerprint density at radius 3 is 2.44 bits per heavy atom. The van der Waals surface area contributed by atoms with Gasteiger partial charge >= 0.3 is 0 Å². The van der Waals surface area contributed by atoms with Crippen molar-refractivity contribution in [3.05, 3.63) is 70.3 Å². The van der Waals surface area contributed by atoms with E-state index in [1.165, 1.54) is 49.7 Å². The lowest BCUT2D eigenvalue weighted by Gasteiger charge is -2.19. The summed E-state index contributed by atoms with van der Waals surface area (Å²) in [5.74, 6) is 7.47. The lowest BCUT2D eigenvalue weighted by molar-refractivity contribution is 0.534. The Morgan fingerprint density at radius 1 is 0.926 bits per heavy atom. The number of fused-ring (bicyclic) bond motifs is 1. The molecule has 0 amide bonds. The van der Waals surface area contributed by atoms with Gasteiger partial charge in [0, 0.05) is 11.1 Å². The van der Waals surface area contributed by atoms with Gasteiger partial charge in [-0.1, -0.05) is 55.2 Å². The van der Waals surface area contributed by atoms with E-state index in [1.54, 1.807) is 5.57 Å². The predicted molar refractivity (Wildman–Crippen MR) is 116 cm³/mol. The van der Waals surface area contributed by atoms with Gasteiger partial charge in [-0.25, -0.2) is 0 Å². The molecule has 0 atom stereocenters. The summed E-state index contributed by atoms with van der Waals surface area (Å²) in [7, 11) is 0. The van der Waals surface area contributed by atoms with Crippen molar-refractivity contribution in [2.45, 2.75) is 44.9 Å². The van der Waals surface area contributed by atoms with Gasteiger partial charge in [-0.15, -0.1) is 0 Å². The quantitative estimate of drug-likeness (QED) is 0.332. The third kappa shape index (κ3) is 4.64. The normalized spacial score (nSPS) is 15.9. The van der Waals surface area contributed by atoms with E-state index in [-0.39, 0.29) is 0 Å². The topological polar surface area (TPSA) is 12.4 Å². The minimum absolute atomic E-state index is 0.810. The highest BCUT2D eigenvalue weighted by Crippen LogP contribution is 2.34. The highest BCUT2D eigenvalue weighted by Gasteiger charge is 2.18. The molecule has 2 aliphatic carbocycles. The summed E-state index contributed by atoms with van der Waals surface area (Å²) in [5.41, 5.74) is 7.35. The molecule has 0 spiro atoms. The molecule has 27 heavy (non-hydrogen) atoms. The van der Waals surface area contributed by atoms with Crippen molar-refractivity contribution in [1.82, 2.24) is 0 Å². The Balaban J connectivity index is 1.47. The van der Waals surface area contributed by atoms with Crippen LogP contribution in [0.3, 0.4) is 0 Å². The summed E-state index contributed by atoms with van der Waals surface area (Å²) < 4.78 is 0. The Hall–Kier alpha value is -2.46. The first-order valence-corrected chi connectivity index (χ1v) is 10.2. The molecule has 1 nitrogen and oxygen atoms in total. The number of allylic oxidation sites excluding steroid dienone is 1. The van der Waals surface area contributed by atoms with Gasteiger partial charge in [-0.2, -0.15) is 4.99 Å². The molecule has 0 N–H and O–H groups in total. The Labute approximate surface area is 167 Å². The van der Waals surface area contributed by atoms with Gasteiger partial charge in [0.2, 0.25) is 0 Å². The fourth-order valence-electron chi connectivity index (χ4n) is 4.19. The van der Waals surface area contributed by atoms with Crippen LogP contribution < -0.4 is 0 Å². The summed E-state index contributed by atoms with van der Waals surface area (Å²) in [5, 5.41) is 2.38. The number of hydrogen-bond donors (Lipinski definition) is 0. The van der Waals surface area contributed by atoms with Crippen molar-refractivity contribution in [1.29, 1.82) is 0 Å².